The topological polar surface area (TPSA) is 79.3 Å². The molecule has 138 valence electrons. The molecule has 0 saturated carbocycles. The predicted octanol–water partition coefficient (Wildman–Crippen LogP) is 2.92. The molecule has 1 fully saturated rings. The number of esters is 1. The van der Waals surface area contributed by atoms with Gasteiger partial charge in [-0.05, 0) is 18.3 Å². The number of hydrogen-bond acceptors (Lipinski definition) is 5. The smallest absolute Gasteiger partial charge is 0.305 e. The maximum Gasteiger partial charge on any atom is 0.305 e. The molecule has 1 aliphatic heterocycles. The number of epoxide rings is 1. The molecule has 5 heteroatoms. The van der Waals surface area contributed by atoms with Crippen molar-refractivity contribution in [3.05, 3.63) is 0 Å². The fourth-order valence-electron chi connectivity index (χ4n) is 1.57. The zero-order valence-corrected chi connectivity index (χ0v) is 15.6. The first kappa shape index (κ1) is 22.4. The van der Waals surface area contributed by atoms with Gasteiger partial charge in [0, 0.05) is 11.8 Å². The maximum absolute atomic E-state index is 11.3. The number of hydrogen-bond donors (Lipinski definition) is 2. The van der Waals surface area contributed by atoms with Crippen LogP contribution in [0, 0.1) is 10.8 Å². The molecule has 1 atom stereocenters. The Morgan fingerprint density at radius 1 is 1.09 bits per heavy atom. The van der Waals surface area contributed by atoms with E-state index in [1.54, 1.807) is 13.8 Å². The second-order valence-electron chi connectivity index (χ2n) is 8.24. The predicted molar refractivity (Wildman–Crippen MR) is 91.2 cm³/mol. The van der Waals surface area contributed by atoms with E-state index in [0.29, 0.717) is 18.4 Å². The van der Waals surface area contributed by atoms with Gasteiger partial charge in [-0.15, -0.1) is 0 Å². The molecule has 1 heterocycles. The summed E-state index contributed by atoms with van der Waals surface area (Å²) in [6.45, 7) is 11.6. The normalized spacial score (nSPS) is 17.3. The average molecular weight is 332 g/mol. The van der Waals surface area contributed by atoms with Crippen LogP contribution in [0.3, 0.4) is 0 Å². The molecule has 0 radical (unpaired) electrons. The zero-order chi connectivity index (χ0) is 17.9. The van der Waals surface area contributed by atoms with Crippen LogP contribution in [-0.4, -0.2) is 48.7 Å². The lowest BCUT2D eigenvalue weighted by Gasteiger charge is -2.17. The van der Waals surface area contributed by atoms with E-state index < -0.39 is 0 Å². The van der Waals surface area contributed by atoms with Crippen molar-refractivity contribution in [2.45, 2.75) is 72.8 Å². The minimum atomic E-state index is -0.306. The van der Waals surface area contributed by atoms with Crippen molar-refractivity contribution in [3.8, 4) is 0 Å². The Morgan fingerprint density at radius 2 is 1.65 bits per heavy atom. The van der Waals surface area contributed by atoms with Gasteiger partial charge in [0.25, 0.3) is 0 Å². The van der Waals surface area contributed by atoms with Gasteiger partial charge in [0.2, 0.25) is 0 Å². The minimum Gasteiger partial charge on any atom is -0.463 e. The van der Waals surface area contributed by atoms with E-state index in [1.807, 2.05) is 0 Å². The first-order valence-electron chi connectivity index (χ1n) is 8.58. The molecule has 1 rings (SSSR count). The van der Waals surface area contributed by atoms with Crippen molar-refractivity contribution in [1.29, 1.82) is 0 Å². The lowest BCUT2D eigenvalue weighted by atomic mass is 9.89. The van der Waals surface area contributed by atoms with Crippen LogP contribution in [0.1, 0.15) is 66.7 Å². The molecule has 0 bridgehead atoms. The molecule has 1 unspecified atom stereocenters. The van der Waals surface area contributed by atoms with E-state index >= 15 is 0 Å². The van der Waals surface area contributed by atoms with Crippen molar-refractivity contribution in [3.63, 3.8) is 0 Å². The summed E-state index contributed by atoms with van der Waals surface area (Å²) in [6, 6.07) is 0. The SMILES string of the molecule is CC(C)(C)CCCCCC(=O)OCC1CO1.CC(C)(CO)CO. The van der Waals surface area contributed by atoms with Crippen LogP contribution >= 0.6 is 0 Å². The Kier molecular flexibility index (Phi) is 10.7. The molecule has 0 spiro atoms. The number of aliphatic hydroxyl groups excluding tert-OH is 2. The van der Waals surface area contributed by atoms with Gasteiger partial charge in [-0.2, -0.15) is 0 Å². The molecule has 1 aliphatic rings. The molecular formula is C18H36O5. The summed E-state index contributed by atoms with van der Waals surface area (Å²) >= 11 is 0. The monoisotopic (exact) mass is 332 g/mol. The largest absolute Gasteiger partial charge is 0.463 e. The first-order chi connectivity index (χ1) is 10.6. The van der Waals surface area contributed by atoms with Gasteiger partial charge in [-0.1, -0.05) is 47.5 Å². The summed E-state index contributed by atoms with van der Waals surface area (Å²) in [5.41, 5.74) is 0.101. The summed E-state index contributed by atoms with van der Waals surface area (Å²) in [7, 11) is 0. The first-order valence-corrected chi connectivity index (χ1v) is 8.58. The van der Waals surface area contributed by atoms with E-state index in [-0.39, 0.29) is 30.7 Å². The fraction of sp³-hybridized carbons (Fsp3) is 0.944. The Balaban J connectivity index is 0.000000585. The highest BCUT2D eigenvalue weighted by Crippen LogP contribution is 2.22. The molecule has 1 saturated heterocycles. The molecule has 0 aromatic heterocycles. The summed E-state index contributed by atoms with van der Waals surface area (Å²) in [6.07, 6.45) is 5.22. The third-order valence-electron chi connectivity index (χ3n) is 3.50. The maximum atomic E-state index is 11.3. The van der Waals surface area contributed by atoms with E-state index in [9.17, 15) is 4.79 Å². The van der Waals surface area contributed by atoms with Crippen LogP contribution in [0.15, 0.2) is 0 Å². The standard InChI is InChI=1S/C13H24O3.C5H12O2/c1-13(2,3)8-6-4-5-7-12(14)16-10-11-9-15-11;1-5(2,3-6)4-7/h11H,4-10H2,1-3H3;6-7H,3-4H2,1-2H3. The van der Waals surface area contributed by atoms with Gasteiger partial charge >= 0.3 is 5.97 Å². The number of rotatable bonds is 9. The van der Waals surface area contributed by atoms with E-state index in [0.717, 1.165) is 19.4 Å². The number of aliphatic hydroxyl groups is 2. The van der Waals surface area contributed by atoms with Crippen LogP contribution in [0.2, 0.25) is 0 Å². The van der Waals surface area contributed by atoms with Crippen LogP contribution < -0.4 is 0 Å². The second kappa shape index (κ2) is 11.0. The zero-order valence-electron chi connectivity index (χ0n) is 15.6. The number of ether oxygens (including phenoxy) is 2. The Hall–Kier alpha value is -0.650. The lowest BCUT2D eigenvalue weighted by Crippen LogP contribution is -2.20. The molecule has 2 N–H and O–H groups in total. The fourth-order valence-corrected chi connectivity index (χ4v) is 1.57. The average Bonchev–Trinajstić information content (AvgIpc) is 3.28. The molecule has 23 heavy (non-hydrogen) atoms. The van der Waals surface area contributed by atoms with Crippen molar-refractivity contribution >= 4 is 5.97 Å². The Bertz CT molecular complexity index is 310. The quantitative estimate of drug-likeness (QED) is 0.385. The Morgan fingerprint density at radius 3 is 2.04 bits per heavy atom. The number of unbranched alkanes of at least 4 members (excludes halogenated alkanes) is 2. The van der Waals surface area contributed by atoms with Gasteiger partial charge < -0.3 is 19.7 Å². The van der Waals surface area contributed by atoms with Gasteiger partial charge in [0.15, 0.2) is 0 Å². The molecular weight excluding hydrogens is 296 g/mol. The second-order valence-corrected chi connectivity index (χ2v) is 8.24. The third kappa shape index (κ3) is 16.0. The van der Waals surface area contributed by atoms with Crippen molar-refractivity contribution in [2.24, 2.45) is 10.8 Å². The van der Waals surface area contributed by atoms with Crippen LogP contribution in [0.25, 0.3) is 0 Å². The minimum absolute atomic E-state index is 0.0451. The summed E-state index contributed by atoms with van der Waals surface area (Å²) in [5, 5.41) is 16.9. The Labute approximate surface area is 141 Å². The van der Waals surface area contributed by atoms with Gasteiger partial charge in [-0.25, -0.2) is 0 Å². The van der Waals surface area contributed by atoms with E-state index in [2.05, 4.69) is 20.8 Å². The molecule has 0 aliphatic carbocycles. The van der Waals surface area contributed by atoms with Gasteiger partial charge in [0.05, 0.1) is 19.8 Å². The third-order valence-corrected chi connectivity index (χ3v) is 3.50. The van der Waals surface area contributed by atoms with Crippen molar-refractivity contribution in [2.75, 3.05) is 26.4 Å². The molecule has 5 nitrogen and oxygen atoms in total. The number of carbonyl (C=O) groups is 1. The highest BCUT2D eigenvalue weighted by Gasteiger charge is 2.23. The summed E-state index contributed by atoms with van der Waals surface area (Å²) in [4.78, 5) is 11.3. The van der Waals surface area contributed by atoms with Gasteiger partial charge in [-0.3, -0.25) is 4.79 Å². The van der Waals surface area contributed by atoms with Crippen molar-refractivity contribution in [1.82, 2.24) is 0 Å². The van der Waals surface area contributed by atoms with Gasteiger partial charge in [0.1, 0.15) is 12.7 Å². The van der Waals surface area contributed by atoms with Crippen molar-refractivity contribution < 1.29 is 24.5 Å². The van der Waals surface area contributed by atoms with E-state index in [4.69, 9.17) is 19.7 Å². The van der Waals surface area contributed by atoms with Crippen LogP contribution in [-0.2, 0) is 14.3 Å². The highest BCUT2D eigenvalue weighted by molar-refractivity contribution is 5.69. The number of carbonyl (C=O) groups excluding carboxylic acids is 1. The highest BCUT2D eigenvalue weighted by atomic mass is 16.6. The summed E-state index contributed by atoms with van der Waals surface area (Å²) < 4.78 is 10.0. The molecule has 0 aromatic rings. The molecule has 0 aromatic carbocycles. The molecule has 0 amide bonds. The van der Waals surface area contributed by atoms with Crippen LogP contribution in [0.5, 0.6) is 0 Å². The van der Waals surface area contributed by atoms with Crippen LogP contribution in [0.4, 0.5) is 0 Å². The summed E-state index contributed by atoms with van der Waals surface area (Å²) in [5.74, 6) is -0.0775. The lowest BCUT2D eigenvalue weighted by molar-refractivity contribution is -0.144. The van der Waals surface area contributed by atoms with E-state index in [1.165, 1.54) is 12.8 Å².